The van der Waals surface area contributed by atoms with E-state index in [9.17, 15) is 40.7 Å². The van der Waals surface area contributed by atoms with Crippen molar-refractivity contribution in [3.8, 4) is 17.0 Å². The van der Waals surface area contributed by atoms with Gasteiger partial charge in [0, 0.05) is 34.3 Å². The van der Waals surface area contributed by atoms with Gasteiger partial charge in [0.2, 0.25) is 21.5 Å². The standard InChI is InChI=1S/C31H27F4N5O6S/c1-29(28(36)42)15-46-26-21(29)13-23(39-25(26)16-4-6-19(32)7-5-16)30(43,31(33,34)35)14-38-27(41)18-11-17-3-2-10-37-24(17)22(12-18)47(44,45)40-20-8-9-20/h2-7,10-13,20,40,43H,8-9,14-15H2,1H3,(H2,36,42)(H,38,41)/t29-,30-/m0/s1. The first kappa shape index (κ1) is 32.3. The molecule has 47 heavy (non-hydrogen) atoms. The van der Waals surface area contributed by atoms with Crippen molar-refractivity contribution in [2.75, 3.05) is 13.2 Å². The number of hydrogen-bond donors (Lipinski definition) is 4. The predicted molar refractivity (Wildman–Crippen MR) is 159 cm³/mol. The van der Waals surface area contributed by atoms with Crippen molar-refractivity contribution in [2.45, 2.75) is 47.9 Å². The Labute approximate surface area is 265 Å². The van der Waals surface area contributed by atoms with Gasteiger partial charge in [0.15, 0.2) is 0 Å². The number of benzene rings is 2. The van der Waals surface area contributed by atoms with Crippen molar-refractivity contribution in [2.24, 2.45) is 5.73 Å². The van der Waals surface area contributed by atoms with Crippen LogP contribution in [-0.2, 0) is 25.8 Å². The monoisotopic (exact) mass is 673 g/mol. The fourth-order valence-corrected chi connectivity index (χ4v) is 6.74. The van der Waals surface area contributed by atoms with Gasteiger partial charge in [-0.1, -0.05) is 6.07 Å². The van der Waals surface area contributed by atoms with Crippen LogP contribution in [0.1, 0.15) is 41.4 Å². The molecule has 246 valence electrons. The van der Waals surface area contributed by atoms with Crippen LogP contribution in [0.5, 0.6) is 5.75 Å². The average molecular weight is 674 g/mol. The summed E-state index contributed by atoms with van der Waals surface area (Å²) in [6.45, 7) is -0.451. The van der Waals surface area contributed by atoms with Gasteiger partial charge in [-0.05, 0) is 68.3 Å². The van der Waals surface area contributed by atoms with E-state index in [1.165, 1.54) is 43.5 Å². The van der Waals surface area contributed by atoms with Crippen LogP contribution in [0, 0.1) is 5.82 Å². The van der Waals surface area contributed by atoms with Gasteiger partial charge in [-0.25, -0.2) is 22.5 Å². The smallest absolute Gasteiger partial charge is 0.424 e. The summed E-state index contributed by atoms with van der Waals surface area (Å²) in [5.74, 6) is -2.77. The molecular formula is C31H27F4N5O6S. The molecule has 16 heteroatoms. The number of sulfonamides is 1. The summed E-state index contributed by atoms with van der Waals surface area (Å²) in [5, 5.41) is 13.6. The highest BCUT2D eigenvalue weighted by molar-refractivity contribution is 7.89. The van der Waals surface area contributed by atoms with Crippen LogP contribution < -0.4 is 20.5 Å². The summed E-state index contributed by atoms with van der Waals surface area (Å²) in [6, 6.07) is 10.4. The molecule has 1 fully saturated rings. The van der Waals surface area contributed by atoms with Gasteiger partial charge in [-0.2, -0.15) is 13.2 Å². The number of rotatable bonds is 9. The molecule has 2 atom stereocenters. The minimum Gasteiger partial charge on any atom is -0.489 e. The van der Waals surface area contributed by atoms with Gasteiger partial charge in [0.05, 0.1) is 17.8 Å². The van der Waals surface area contributed by atoms with Crippen molar-refractivity contribution in [3.05, 3.63) is 83.4 Å². The SMILES string of the molecule is C[C@]1(C(N)=O)COc2c1cc([C@@](O)(CNC(=O)c1cc(S(=O)(=O)NC3CC3)c3ncccc3c1)C(F)(F)F)nc2-c1ccc(F)cc1. The van der Waals surface area contributed by atoms with E-state index in [0.29, 0.717) is 12.8 Å². The first-order valence-electron chi connectivity index (χ1n) is 14.3. The number of alkyl halides is 3. The van der Waals surface area contributed by atoms with Gasteiger partial charge < -0.3 is 20.9 Å². The molecule has 2 aromatic carbocycles. The zero-order valence-corrected chi connectivity index (χ0v) is 25.4. The molecular weight excluding hydrogens is 646 g/mol. The Morgan fingerprint density at radius 2 is 1.83 bits per heavy atom. The molecule has 1 aliphatic heterocycles. The Bertz CT molecular complexity index is 2040. The maximum atomic E-state index is 14.8. The predicted octanol–water partition coefficient (Wildman–Crippen LogP) is 3.19. The molecule has 2 aliphatic rings. The number of fused-ring (bicyclic) bond motifs is 2. The number of ether oxygens (including phenoxy) is 1. The van der Waals surface area contributed by atoms with Crippen LogP contribution in [0.25, 0.3) is 22.2 Å². The summed E-state index contributed by atoms with van der Waals surface area (Å²) in [4.78, 5) is 33.6. The lowest BCUT2D eigenvalue weighted by molar-refractivity contribution is -0.265. The Balaban J connectivity index is 1.41. The number of hydrogen-bond acceptors (Lipinski definition) is 8. The lowest BCUT2D eigenvalue weighted by Crippen LogP contribution is -2.51. The molecule has 2 amide bonds. The molecule has 0 radical (unpaired) electrons. The Morgan fingerprint density at radius 1 is 1.13 bits per heavy atom. The number of nitrogens with two attached hydrogens (primary N) is 1. The summed E-state index contributed by atoms with van der Waals surface area (Å²) in [5.41, 5.74) is -1.32. The molecule has 3 heterocycles. The largest absolute Gasteiger partial charge is 0.489 e. The van der Waals surface area contributed by atoms with Crippen molar-refractivity contribution in [3.63, 3.8) is 0 Å². The van der Waals surface area contributed by atoms with Crippen LogP contribution in [-0.4, -0.2) is 60.7 Å². The number of amides is 2. The number of aliphatic hydroxyl groups is 1. The average Bonchev–Trinajstić information content (AvgIpc) is 3.77. The minimum atomic E-state index is -5.44. The number of halogens is 4. The van der Waals surface area contributed by atoms with Crippen molar-refractivity contribution in [1.82, 2.24) is 20.0 Å². The molecule has 6 rings (SSSR count). The quantitative estimate of drug-likeness (QED) is 0.196. The summed E-state index contributed by atoms with van der Waals surface area (Å²) >= 11 is 0. The second-order valence-electron chi connectivity index (χ2n) is 11.7. The Kier molecular flexibility index (Phi) is 7.72. The third kappa shape index (κ3) is 5.76. The van der Waals surface area contributed by atoms with Gasteiger partial charge in [-0.3, -0.25) is 14.6 Å². The molecule has 4 aromatic rings. The molecule has 0 unspecified atom stereocenters. The third-order valence-corrected chi connectivity index (χ3v) is 9.79. The number of nitrogens with zero attached hydrogens (tertiary/aromatic N) is 2. The van der Waals surface area contributed by atoms with E-state index in [4.69, 9.17) is 10.5 Å². The maximum Gasteiger partial charge on any atom is 0.424 e. The molecule has 0 spiro atoms. The van der Waals surface area contributed by atoms with E-state index < -0.39 is 57.1 Å². The number of aromatic nitrogens is 2. The topological polar surface area (TPSA) is 174 Å². The van der Waals surface area contributed by atoms with E-state index in [-0.39, 0.29) is 56.6 Å². The highest BCUT2D eigenvalue weighted by Crippen LogP contribution is 2.47. The minimum absolute atomic E-state index is 0.0550. The first-order valence-corrected chi connectivity index (χ1v) is 15.7. The van der Waals surface area contributed by atoms with E-state index in [2.05, 4.69) is 20.0 Å². The summed E-state index contributed by atoms with van der Waals surface area (Å²) in [7, 11) is -4.15. The third-order valence-electron chi connectivity index (χ3n) is 8.25. The number of primary amides is 1. The van der Waals surface area contributed by atoms with Gasteiger partial charge in [0.1, 0.15) is 34.2 Å². The molecule has 1 saturated carbocycles. The zero-order chi connectivity index (χ0) is 33.9. The summed E-state index contributed by atoms with van der Waals surface area (Å²) in [6.07, 6.45) is -2.82. The first-order chi connectivity index (χ1) is 22.0. The normalized spacial score (nSPS) is 19.1. The van der Waals surface area contributed by atoms with Crippen LogP contribution in [0.15, 0.2) is 65.7 Å². The van der Waals surface area contributed by atoms with Gasteiger partial charge in [-0.15, -0.1) is 0 Å². The Hall–Kier alpha value is -4.67. The molecule has 11 nitrogen and oxygen atoms in total. The lowest BCUT2D eigenvalue weighted by atomic mass is 9.81. The highest BCUT2D eigenvalue weighted by Gasteiger charge is 2.57. The number of pyridine rings is 2. The van der Waals surface area contributed by atoms with Crippen molar-refractivity contribution in [1.29, 1.82) is 0 Å². The fourth-order valence-electron chi connectivity index (χ4n) is 5.23. The van der Waals surface area contributed by atoms with E-state index in [0.717, 1.165) is 24.3 Å². The second-order valence-corrected chi connectivity index (χ2v) is 13.4. The van der Waals surface area contributed by atoms with Gasteiger partial charge >= 0.3 is 6.18 Å². The van der Waals surface area contributed by atoms with Crippen molar-refractivity contribution < 1.29 is 45.4 Å². The molecule has 1 aliphatic carbocycles. The van der Waals surface area contributed by atoms with E-state index in [1.807, 2.05) is 0 Å². The maximum absolute atomic E-state index is 14.8. The lowest BCUT2D eigenvalue weighted by Gasteiger charge is -2.31. The number of carbonyl (C=O) groups excluding carboxylic acids is 2. The second kappa shape index (κ2) is 11.2. The zero-order valence-electron chi connectivity index (χ0n) is 24.6. The fraction of sp³-hybridized carbons (Fsp3) is 0.290. The highest BCUT2D eigenvalue weighted by atomic mass is 32.2. The van der Waals surface area contributed by atoms with Gasteiger partial charge in [0.25, 0.3) is 5.91 Å². The molecule has 0 saturated heterocycles. The number of nitrogens with one attached hydrogen (secondary N) is 2. The van der Waals surface area contributed by atoms with Crippen molar-refractivity contribution >= 4 is 32.7 Å². The molecule has 5 N–H and O–H groups in total. The molecule has 0 bridgehead atoms. The number of carbonyl (C=O) groups is 2. The van der Waals surface area contributed by atoms with E-state index in [1.54, 1.807) is 0 Å². The van der Waals surface area contributed by atoms with Crippen LogP contribution in [0.3, 0.4) is 0 Å². The Morgan fingerprint density at radius 3 is 2.47 bits per heavy atom. The van der Waals surface area contributed by atoms with E-state index >= 15 is 0 Å². The molecule has 2 aromatic heterocycles. The van der Waals surface area contributed by atoms with Crippen LogP contribution in [0.4, 0.5) is 17.6 Å². The summed E-state index contributed by atoms with van der Waals surface area (Å²) < 4.78 is 92.4. The van der Waals surface area contributed by atoms with Crippen LogP contribution in [0.2, 0.25) is 0 Å². The van der Waals surface area contributed by atoms with Crippen LogP contribution >= 0.6 is 0 Å².